The molecule has 5 nitrogen and oxygen atoms in total. The maximum atomic E-state index is 12.1. The minimum atomic E-state index is -0.0703. The molecular formula is C14H25N3O2. The van der Waals surface area contributed by atoms with Crippen LogP contribution in [0.3, 0.4) is 0 Å². The summed E-state index contributed by atoms with van der Waals surface area (Å²) in [5.41, 5.74) is 0. The molecule has 2 aliphatic heterocycles. The lowest BCUT2D eigenvalue weighted by atomic mass is 10.0. The largest absolute Gasteiger partial charge is 0.341 e. The minimum absolute atomic E-state index is 0.0518. The maximum Gasteiger partial charge on any atom is 0.318 e. The van der Waals surface area contributed by atoms with Crippen molar-refractivity contribution in [3.63, 3.8) is 0 Å². The number of piperidine rings is 1. The van der Waals surface area contributed by atoms with Crippen LogP contribution in [-0.2, 0) is 4.79 Å². The molecule has 0 aromatic rings. The van der Waals surface area contributed by atoms with Crippen molar-refractivity contribution in [3.8, 4) is 0 Å². The molecule has 1 atom stereocenters. The molecule has 2 saturated heterocycles. The van der Waals surface area contributed by atoms with Crippen LogP contribution in [0, 0.1) is 0 Å². The summed E-state index contributed by atoms with van der Waals surface area (Å²) in [6, 6.07) is 0.273. The first-order valence-corrected chi connectivity index (χ1v) is 7.54. The van der Waals surface area contributed by atoms with Gasteiger partial charge in [0.1, 0.15) is 0 Å². The van der Waals surface area contributed by atoms with Crippen LogP contribution in [0.4, 0.5) is 4.79 Å². The molecule has 0 aromatic heterocycles. The molecule has 108 valence electrons. The average molecular weight is 267 g/mol. The third-order valence-corrected chi connectivity index (χ3v) is 4.21. The van der Waals surface area contributed by atoms with Crippen molar-refractivity contribution in [2.45, 2.75) is 51.5 Å². The molecule has 0 radical (unpaired) electrons. The molecule has 19 heavy (non-hydrogen) atoms. The van der Waals surface area contributed by atoms with Gasteiger partial charge in [-0.1, -0.05) is 6.92 Å². The lowest BCUT2D eigenvalue weighted by molar-refractivity contribution is -0.129. The highest BCUT2D eigenvalue weighted by atomic mass is 16.2. The number of urea groups is 1. The second-order valence-electron chi connectivity index (χ2n) is 5.50. The number of rotatable bonds is 3. The zero-order valence-electron chi connectivity index (χ0n) is 11.9. The number of hydrogen-bond acceptors (Lipinski definition) is 2. The minimum Gasteiger partial charge on any atom is -0.341 e. The number of nitrogens with one attached hydrogen (secondary N) is 1. The smallest absolute Gasteiger partial charge is 0.318 e. The first-order chi connectivity index (χ1) is 9.22. The van der Waals surface area contributed by atoms with Crippen molar-refractivity contribution in [2.75, 3.05) is 26.2 Å². The van der Waals surface area contributed by atoms with E-state index in [1.165, 1.54) is 6.42 Å². The van der Waals surface area contributed by atoms with E-state index in [-0.39, 0.29) is 18.5 Å². The van der Waals surface area contributed by atoms with Gasteiger partial charge in [-0.25, -0.2) is 4.79 Å². The van der Waals surface area contributed by atoms with E-state index in [2.05, 4.69) is 12.2 Å². The lowest BCUT2D eigenvalue weighted by Crippen LogP contribution is -2.50. The van der Waals surface area contributed by atoms with Crippen LogP contribution < -0.4 is 5.32 Å². The Morgan fingerprint density at radius 1 is 1.11 bits per heavy atom. The van der Waals surface area contributed by atoms with Crippen molar-refractivity contribution >= 4 is 11.9 Å². The highest BCUT2D eigenvalue weighted by molar-refractivity contribution is 5.84. The highest BCUT2D eigenvalue weighted by Gasteiger charge is 2.26. The van der Waals surface area contributed by atoms with E-state index in [1.807, 2.05) is 9.80 Å². The summed E-state index contributed by atoms with van der Waals surface area (Å²) in [6.07, 6.45) is 6.53. The van der Waals surface area contributed by atoms with Gasteiger partial charge in [-0.15, -0.1) is 0 Å². The molecule has 0 aromatic carbocycles. The topological polar surface area (TPSA) is 52.7 Å². The molecule has 2 aliphatic rings. The highest BCUT2D eigenvalue weighted by Crippen LogP contribution is 2.19. The standard InChI is InChI=1S/C14H25N3O2/c1-2-12-7-3-4-10-17(12)14(19)15-11-13(18)16-8-5-6-9-16/h12H,2-11H2,1H3,(H,15,19). The summed E-state index contributed by atoms with van der Waals surface area (Å²) >= 11 is 0. The van der Waals surface area contributed by atoms with Gasteiger partial charge in [0.25, 0.3) is 0 Å². The number of likely N-dealkylation sites (tertiary alicyclic amines) is 2. The molecule has 0 saturated carbocycles. The van der Waals surface area contributed by atoms with Crippen LogP contribution in [0.1, 0.15) is 45.4 Å². The average Bonchev–Trinajstić information content (AvgIpc) is 2.98. The van der Waals surface area contributed by atoms with Gasteiger partial charge < -0.3 is 15.1 Å². The van der Waals surface area contributed by atoms with Gasteiger partial charge in [-0.05, 0) is 38.5 Å². The fraction of sp³-hybridized carbons (Fsp3) is 0.857. The van der Waals surface area contributed by atoms with Crippen LogP contribution in [0.5, 0.6) is 0 Å². The van der Waals surface area contributed by atoms with E-state index >= 15 is 0 Å². The molecule has 0 bridgehead atoms. The molecule has 5 heteroatoms. The summed E-state index contributed by atoms with van der Waals surface area (Å²) in [5, 5.41) is 2.79. The van der Waals surface area contributed by atoms with E-state index in [0.29, 0.717) is 6.04 Å². The van der Waals surface area contributed by atoms with Gasteiger partial charge >= 0.3 is 6.03 Å². The lowest BCUT2D eigenvalue weighted by Gasteiger charge is -2.35. The van der Waals surface area contributed by atoms with Gasteiger partial charge in [-0.3, -0.25) is 4.79 Å². The van der Waals surface area contributed by atoms with Gasteiger partial charge in [-0.2, -0.15) is 0 Å². The Hall–Kier alpha value is -1.26. The van der Waals surface area contributed by atoms with Crippen LogP contribution in [-0.4, -0.2) is 54.0 Å². The monoisotopic (exact) mass is 267 g/mol. The normalized spacial score (nSPS) is 23.5. The van der Waals surface area contributed by atoms with Crippen molar-refractivity contribution in [1.29, 1.82) is 0 Å². The fourth-order valence-corrected chi connectivity index (χ4v) is 3.02. The van der Waals surface area contributed by atoms with E-state index in [4.69, 9.17) is 0 Å². The second-order valence-corrected chi connectivity index (χ2v) is 5.50. The molecule has 0 spiro atoms. The van der Waals surface area contributed by atoms with Crippen LogP contribution in [0.25, 0.3) is 0 Å². The van der Waals surface area contributed by atoms with E-state index in [9.17, 15) is 9.59 Å². The van der Waals surface area contributed by atoms with Crippen molar-refractivity contribution in [3.05, 3.63) is 0 Å². The Morgan fingerprint density at radius 3 is 2.47 bits per heavy atom. The molecule has 1 unspecified atom stereocenters. The Labute approximate surface area is 115 Å². The van der Waals surface area contributed by atoms with Gasteiger partial charge in [0, 0.05) is 25.7 Å². The zero-order chi connectivity index (χ0) is 13.7. The Kier molecular flexibility index (Phi) is 5.05. The summed E-state index contributed by atoms with van der Waals surface area (Å²) < 4.78 is 0. The van der Waals surface area contributed by atoms with E-state index in [0.717, 1.165) is 51.7 Å². The zero-order valence-corrected chi connectivity index (χ0v) is 11.9. The van der Waals surface area contributed by atoms with Gasteiger partial charge in [0.2, 0.25) is 5.91 Å². The number of nitrogens with zero attached hydrogens (tertiary/aromatic N) is 2. The summed E-state index contributed by atoms with van der Waals surface area (Å²) in [5.74, 6) is 0.0518. The van der Waals surface area contributed by atoms with Crippen molar-refractivity contribution < 1.29 is 9.59 Å². The molecule has 2 rings (SSSR count). The number of carbonyl (C=O) groups excluding carboxylic acids is 2. The van der Waals surface area contributed by atoms with Crippen molar-refractivity contribution in [1.82, 2.24) is 15.1 Å². The second kappa shape index (κ2) is 6.78. The van der Waals surface area contributed by atoms with Gasteiger partial charge in [0.05, 0.1) is 6.54 Å². The number of hydrogen-bond donors (Lipinski definition) is 1. The molecule has 3 amide bonds. The first-order valence-electron chi connectivity index (χ1n) is 7.54. The predicted molar refractivity (Wildman–Crippen MR) is 73.8 cm³/mol. The Balaban J connectivity index is 1.77. The Morgan fingerprint density at radius 2 is 1.79 bits per heavy atom. The quantitative estimate of drug-likeness (QED) is 0.844. The van der Waals surface area contributed by atoms with E-state index < -0.39 is 0 Å². The van der Waals surface area contributed by atoms with Crippen LogP contribution in [0.15, 0.2) is 0 Å². The van der Waals surface area contributed by atoms with Crippen LogP contribution >= 0.6 is 0 Å². The molecule has 2 fully saturated rings. The molecule has 0 aliphatic carbocycles. The van der Waals surface area contributed by atoms with Crippen molar-refractivity contribution in [2.24, 2.45) is 0 Å². The molecule has 1 N–H and O–H groups in total. The number of amides is 3. The predicted octanol–water partition coefficient (Wildman–Crippen LogP) is 1.58. The summed E-state index contributed by atoms with van der Waals surface area (Å²) in [6.45, 7) is 4.77. The first kappa shape index (κ1) is 14.2. The van der Waals surface area contributed by atoms with E-state index in [1.54, 1.807) is 0 Å². The summed E-state index contributed by atoms with van der Waals surface area (Å²) in [4.78, 5) is 27.8. The number of carbonyl (C=O) groups is 2. The van der Waals surface area contributed by atoms with Gasteiger partial charge in [0.15, 0.2) is 0 Å². The third-order valence-electron chi connectivity index (χ3n) is 4.21. The fourth-order valence-electron chi connectivity index (χ4n) is 3.02. The summed E-state index contributed by atoms with van der Waals surface area (Å²) in [7, 11) is 0. The Bertz CT molecular complexity index is 327. The molecule has 2 heterocycles. The SMILES string of the molecule is CCC1CCCCN1C(=O)NCC(=O)N1CCCC1. The van der Waals surface area contributed by atoms with Crippen LogP contribution in [0.2, 0.25) is 0 Å². The molecular weight excluding hydrogens is 242 g/mol. The maximum absolute atomic E-state index is 12.1. The third kappa shape index (κ3) is 3.61.